The third-order valence-electron chi connectivity index (χ3n) is 4.33. The molecular weight excluding hydrogens is 360 g/mol. The first kappa shape index (κ1) is 18.3. The van der Waals surface area contributed by atoms with Gasteiger partial charge in [0, 0.05) is 34.8 Å². The summed E-state index contributed by atoms with van der Waals surface area (Å²) in [6, 6.07) is 5.23. The molecule has 1 atom stereocenters. The molecule has 25 heavy (non-hydrogen) atoms. The molecule has 1 fully saturated rings. The molecule has 1 unspecified atom stereocenters. The minimum atomic E-state index is -3.56. The van der Waals surface area contributed by atoms with E-state index in [0.29, 0.717) is 25.1 Å². The molecule has 0 bridgehead atoms. The molecule has 2 aromatic rings. The van der Waals surface area contributed by atoms with Crippen LogP contribution in [0, 0.1) is 6.92 Å². The number of ether oxygens (including phenoxy) is 1. The summed E-state index contributed by atoms with van der Waals surface area (Å²) in [7, 11) is -3.56. The lowest BCUT2D eigenvalue weighted by Gasteiger charge is -2.10. The third-order valence-corrected chi connectivity index (χ3v) is 7.37. The van der Waals surface area contributed by atoms with Crippen LogP contribution in [0.25, 0.3) is 10.4 Å². The van der Waals surface area contributed by atoms with Gasteiger partial charge in [0.15, 0.2) is 0 Å². The molecule has 1 saturated heterocycles. The molecule has 3 heterocycles. The number of nitrogens with one attached hydrogen (secondary N) is 2. The van der Waals surface area contributed by atoms with Crippen molar-refractivity contribution in [1.82, 2.24) is 9.71 Å². The minimum Gasteiger partial charge on any atom is -0.377 e. The second-order valence-corrected chi connectivity index (χ2v) is 9.20. The van der Waals surface area contributed by atoms with Crippen molar-refractivity contribution in [2.75, 3.05) is 13.2 Å². The SMILES string of the molecule is CCc1cc(-c2ccc(S(=O)(=O)NCC3CCCO3)s2)c(C)[nH]c1=O. The number of aromatic nitrogens is 1. The largest absolute Gasteiger partial charge is 0.377 e. The second kappa shape index (κ2) is 7.41. The van der Waals surface area contributed by atoms with Crippen molar-refractivity contribution in [1.29, 1.82) is 0 Å². The molecule has 136 valence electrons. The predicted octanol–water partition coefficient (Wildman–Crippen LogP) is 2.43. The lowest BCUT2D eigenvalue weighted by Crippen LogP contribution is -2.31. The lowest BCUT2D eigenvalue weighted by molar-refractivity contribution is 0.114. The number of aromatic amines is 1. The van der Waals surface area contributed by atoms with Gasteiger partial charge in [0.1, 0.15) is 4.21 Å². The summed E-state index contributed by atoms with van der Waals surface area (Å²) in [6.45, 7) is 4.73. The van der Waals surface area contributed by atoms with Crippen LogP contribution in [-0.2, 0) is 21.2 Å². The highest BCUT2D eigenvalue weighted by atomic mass is 32.2. The van der Waals surface area contributed by atoms with E-state index in [9.17, 15) is 13.2 Å². The Hall–Kier alpha value is -1.48. The lowest BCUT2D eigenvalue weighted by atomic mass is 10.1. The van der Waals surface area contributed by atoms with E-state index in [0.717, 1.165) is 29.0 Å². The van der Waals surface area contributed by atoms with Crippen LogP contribution in [0.2, 0.25) is 0 Å². The van der Waals surface area contributed by atoms with Crippen molar-refractivity contribution < 1.29 is 13.2 Å². The molecule has 3 rings (SSSR count). The molecule has 0 aliphatic carbocycles. The van der Waals surface area contributed by atoms with Crippen LogP contribution < -0.4 is 10.3 Å². The van der Waals surface area contributed by atoms with Gasteiger partial charge in [-0.2, -0.15) is 0 Å². The summed E-state index contributed by atoms with van der Waals surface area (Å²) in [6.07, 6.45) is 2.44. The predicted molar refractivity (Wildman–Crippen MR) is 98.7 cm³/mol. The Labute approximate surface area is 151 Å². The maximum absolute atomic E-state index is 12.5. The second-order valence-electron chi connectivity index (χ2n) is 6.12. The molecule has 0 amide bonds. The Morgan fingerprint density at radius 1 is 1.40 bits per heavy atom. The zero-order valence-corrected chi connectivity index (χ0v) is 15.9. The quantitative estimate of drug-likeness (QED) is 0.803. The molecule has 6 nitrogen and oxygen atoms in total. The Bertz CT molecular complexity index is 909. The van der Waals surface area contributed by atoms with E-state index in [1.807, 2.05) is 19.9 Å². The van der Waals surface area contributed by atoms with E-state index in [4.69, 9.17) is 4.74 Å². The normalized spacial score (nSPS) is 17.9. The van der Waals surface area contributed by atoms with Crippen molar-refractivity contribution in [3.8, 4) is 10.4 Å². The van der Waals surface area contributed by atoms with Crippen LogP contribution in [-0.4, -0.2) is 32.7 Å². The van der Waals surface area contributed by atoms with Crippen molar-refractivity contribution >= 4 is 21.4 Å². The number of hydrogen-bond acceptors (Lipinski definition) is 5. The van der Waals surface area contributed by atoms with Gasteiger partial charge in [-0.25, -0.2) is 13.1 Å². The van der Waals surface area contributed by atoms with Gasteiger partial charge >= 0.3 is 0 Å². The van der Waals surface area contributed by atoms with Crippen LogP contribution in [0.4, 0.5) is 0 Å². The van der Waals surface area contributed by atoms with Crippen LogP contribution in [0.3, 0.4) is 0 Å². The van der Waals surface area contributed by atoms with Gasteiger partial charge in [-0.15, -0.1) is 11.3 Å². The Kier molecular flexibility index (Phi) is 5.43. The molecule has 2 aromatic heterocycles. The number of rotatable bonds is 6. The average Bonchev–Trinajstić information content (AvgIpc) is 3.25. The van der Waals surface area contributed by atoms with E-state index in [1.165, 1.54) is 11.3 Å². The molecule has 8 heteroatoms. The smallest absolute Gasteiger partial charge is 0.251 e. The maximum atomic E-state index is 12.5. The van der Waals surface area contributed by atoms with E-state index in [1.54, 1.807) is 12.1 Å². The first-order valence-corrected chi connectivity index (χ1v) is 10.6. The molecule has 0 aromatic carbocycles. The summed E-state index contributed by atoms with van der Waals surface area (Å²) >= 11 is 1.20. The summed E-state index contributed by atoms with van der Waals surface area (Å²) in [5.74, 6) is 0. The Morgan fingerprint density at radius 3 is 2.88 bits per heavy atom. The summed E-state index contributed by atoms with van der Waals surface area (Å²) in [4.78, 5) is 15.5. The summed E-state index contributed by atoms with van der Waals surface area (Å²) in [5.41, 5.74) is 2.20. The third kappa shape index (κ3) is 4.03. The van der Waals surface area contributed by atoms with E-state index in [-0.39, 0.29) is 15.9 Å². The molecular formula is C17H22N2O4S2. The van der Waals surface area contributed by atoms with E-state index >= 15 is 0 Å². The highest BCUT2D eigenvalue weighted by Crippen LogP contribution is 2.32. The van der Waals surface area contributed by atoms with Crippen molar-refractivity contribution in [3.05, 3.63) is 39.8 Å². The topological polar surface area (TPSA) is 88.3 Å². The van der Waals surface area contributed by atoms with E-state index in [2.05, 4.69) is 9.71 Å². The molecule has 0 saturated carbocycles. The fourth-order valence-electron chi connectivity index (χ4n) is 2.87. The van der Waals surface area contributed by atoms with E-state index < -0.39 is 10.0 Å². The fourth-order valence-corrected chi connectivity index (χ4v) is 5.36. The monoisotopic (exact) mass is 382 g/mol. The Balaban J connectivity index is 1.83. The number of hydrogen-bond donors (Lipinski definition) is 2. The van der Waals surface area contributed by atoms with Crippen molar-refractivity contribution in [3.63, 3.8) is 0 Å². The summed E-state index contributed by atoms with van der Waals surface area (Å²) in [5, 5.41) is 0. The molecule has 0 spiro atoms. The van der Waals surface area contributed by atoms with Crippen LogP contribution >= 0.6 is 11.3 Å². The minimum absolute atomic E-state index is 0.0391. The first-order valence-electron chi connectivity index (χ1n) is 8.35. The molecule has 1 aliphatic heterocycles. The number of H-pyrrole nitrogens is 1. The highest BCUT2D eigenvalue weighted by Gasteiger charge is 2.22. The van der Waals surface area contributed by atoms with Crippen LogP contribution in [0.5, 0.6) is 0 Å². The first-order chi connectivity index (χ1) is 11.9. The van der Waals surface area contributed by atoms with Gasteiger partial charge in [0.25, 0.3) is 5.56 Å². The number of pyridine rings is 1. The van der Waals surface area contributed by atoms with Gasteiger partial charge in [0.05, 0.1) is 6.10 Å². The number of sulfonamides is 1. The van der Waals surface area contributed by atoms with Crippen molar-refractivity contribution in [2.45, 2.75) is 43.4 Å². The average molecular weight is 383 g/mol. The summed E-state index contributed by atoms with van der Waals surface area (Å²) < 4.78 is 33.3. The fraction of sp³-hybridized carbons (Fsp3) is 0.471. The maximum Gasteiger partial charge on any atom is 0.251 e. The van der Waals surface area contributed by atoms with Gasteiger partial charge in [-0.05, 0) is 44.4 Å². The molecule has 0 radical (unpaired) electrons. The molecule has 2 N–H and O–H groups in total. The zero-order chi connectivity index (χ0) is 18.0. The van der Waals surface area contributed by atoms with Gasteiger partial charge in [0.2, 0.25) is 10.0 Å². The van der Waals surface area contributed by atoms with Gasteiger partial charge < -0.3 is 9.72 Å². The zero-order valence-electron chi connectivity index (χ0n) is 14.3. The standard InChI is InChI=1S/C17H22N2O4S2/c1-3-12-9-14(11(2)19-17(12)20)15-6-7-16(24-15)25(21,22)18-10-13-5-4-8-23-13/h6-7,9,13,18H,3-5,8,10H2,1-2H3,(H,19,20). The van der Waals surface area contributed by atoms with Gasteiger partial charge in [-0.3, -0.25) is 4.79 Å². The molecule has 1 aliphatic rings. The van der Waals surface area contributed by atoms with Crippen LogP contribution in [0.15, 0.2) is 27.2 Å². The number of aryl methyl sites for hydroxylation is 2. The number of thiophene rings is 1. The van der Waals surface area contributed by atoms with Crippen LogP contribution in [0.1, 0.15) is 31.0 Å². The highest BCUT2D eigenvalue weighted by molar-refractivity contribution is 7.91. The van der Waals surface area contributed by atoms with Gasteiger partial charge in [-0.1, -0.05) is 6.92 Å². The van der Waals surface area contributed by atoms with Crippen molar-refractivity contribution in [2.24, 2.45) is 0 Å². The Morgan fingerprint density at radius 2 is 2.20 bits per heavy atom.